The van der Waals surface area contributed by atoms with Crippen LogP contribution in [-0.2, 0) is 4.79 Å². The number of carbonyl (C=O) groups excluding carboxylic acids is 1. The Bertz CT molecular complexity index is 558. The number of hydrogen-bond donors (Lipinski definition) is 2. The van der Waals surface area contributed by atoms with E-state index in [9.17, 15) is 31.5 Å². The highest BCUT2D eigenvalue weighted by Crippen LogP contribution is 2.36. The molecule has 0 spiro atoms. The van der Waals surface area contributed by atoms with Gasteiger partial charge < -0.3 is 10.4 Å². The minimum Gasteiger partial charge on any atom is -0.478 e. The number of aromatic carboxylic acids is 1. The largest absolute Gasteiger partial charge is 0.478 e. The summed E-state index contributed by atoms with van der Waals surface area (Å²) < 4.78 is 61.4. The summed E-state index contributed by atoms with van der Waals surface area (Å²) in [4.78, 5) is 21.7. The zero-order valence-electron chi connectivity index (χ0n) is 9.26. The van der Waals surface area contributed by atoms with Crippen molar-refractivity contribution in [3.05, 3.63) is 28.8 Å². The van der Waals surface area contributed by atoms with Crippen LogP contribution in [0, 0.1) is 0 Å². The lowest BCUT2D eigenvalue weighted by molar-refractivity contribution is -0.267. The fourth-order valence-electron chi connectivity index (χ4n) is 1.14. The first-order chi connectivity index (χ1) is 8.96. The Morgan fingerprint density at radius 1 is 1.15 bits per heavy atom. The maximum absolute atomic E-state index is 12.7. The standard InChI is InChI=1S/C10H5ClF5NO3/c11-4-1-2-5(7(18)19)6(3-4)17-8(20)9(12,13)10(14,15)16/h1-3H,(H,17,20)(H,18,19). The lowest BCUT2D eigenvalue weighted by Gasteiger charge is -2.19. The molecule has 0 saturated heterocycles. The first kappa shape index (κ1) is 16.2. The normalized spacial score (nSPS) is 12.1. The number of anilines is 1. The average Bonchev–Trinajstić information content (AvgIpc) is 2.26. The van der Waals surface area contributed by atoms with Gasteiger partial charge in [-0.15, -0.1) is 0 Å². The van der Waals surface area contributed by atoms with Gasteiger partial charge in [0.2, 0.25) is 0 Å². The summed E-state index contributed by atoms with van der Waals surface area (Å²) in [6.07, 6.45) is -6.10. The highest BCUT2D eigenvalue weighted by Gasteiger charge is 2.63. The Kier molecular flexibility index (Phi) is 4.23. The number of carboxylic acids is 1. The molecule has 0 fully saturated rings. The van der Waals surface area contributed by atoms with Gasteiger partial charge in [0.05, 0.1) is 11.3 Å². The van der Waals surface area contributed by atoms with Crippen molar-refractivity contribution in [2.75, 3.05) is 5.32 Å². The van der Waals surface area contributed by atoms with Crippen molar-refractivity contribution < 1.29 is 36.6 Å². The van der Waals surface area contributed by atoms with Crippen molar-refractivity contribution in [2.24, 2.45) is 0 Å². The number of carboxylic acid groups (broad SMARTS) is 1. The monoisotopic (exact) mass is 317 g/mol. The lowest BCUT2D eigenvalue weighted by atomic mass is 10.1. The molecular weight excluding hydrogens is 313 g/mol. The molecule has 2 N–H and O–H groups in total. The third-order valence-electron chi connectivity index (χ3n) is 2.10. The molecule has 0 aromatic heterocycles. The van der Waals surface area contributed by atoms with Gasteiger partial charge in [-0.25, -0.2) is 4.79 Å². The van der Waals surface area contributed by atoms with Crippen molar-refractivity contribution in [3.63, 3.8) is 0 Å². The van der Waals surface area contributed by atoms with E-state index in [2.05, 4.69) is 0 Å². The predicted molar refractivity (Wildman–Crippen MR) is 58.0 cm³/mol. The molecule has 4 nitrogen and oxygen atoms in total. The lowest BCUT2D eigenvalue weighted by Crippen LogP contribution is -2.47. The summed E-state index contributed by atoms with van der Waals surface area (Å²) in [5.41, 5.74) is -1.44. The van der Waals surface area contributed by atoms with E-state index in [0.717, 1.165) is 18.2 Å². The van der Waals surface area contributed by atoms with Crippen LogP contribution in [0.15, 0.2) is 18.2 Å². The summed E-state index contributed by atoms with van der Waals surface area (Å²) in [5, 5.41) is 9.78. The molecule has 0 bridgehead atoms. The summed E-state index contributed by atoms with van der Waals surface area (Å²) in [7, 11) is 0. The number of hydrogen-bond acceptors (Lipinski definition) is 2. The molecular formula is C10H5ClF5NO3. The van der Waals surface area contributed by atoms with E-state index in [1.807, 2.05) is 0 Å². The number of carbonyl (C=O) groups is 2. The Hall–Kier alpha value is -1.90. The maximum atomic E-state index is 12.7. The first-order valence-electron chi connectivity index (χ1n) is 4.75. The van der Waals surface area contributed by atoms with Gasteiger partial charge in [0.1, 0.15) is 0 Å². The van der Waals surface area contributed by atoms with Crippen LogP contribution >= 0.6 is 11.6 Å². The van der Waals surface area contributed by atoms with Crippen LogP contribution in [0.5, 0.6) is 0 Å². The number of amides is 1. The van der Waals surface area contributed by atoms with Gasteiger partial charge in [0.25, 0.3) is 0 Å². The van der Waals surface area contributed by atoms with E-state index in [0.29, 0.717) is 0 Å². The van der Waals surface area contributed by atoms with Gasteiger partial charge in [-0.2, -0.15) is 22.0 Å². The summed E-state index contributed by atoms with van der Waals surface area (Å²) in [6, 6.07) is 2.67. The zero-order valence-corrected chi connectivity index (χ0v) is 10.0. The number of rotatable bonds is 3. The van der Waals surface area contributed by atoms with Crippen LogP contribution < -0.4 is 5.32 Å². The molecule has 10 heteroatoms. The Morgan fingerprint density at radius 2 is 1.70 bits per heavy atom. The smallest absolute Gasteiger partial charge is 0.463 e. The molecule has 0 aliphatic rings. The number of nitrogens with one attached hydrogen (secondary N) is 1. The minimum atomic E-state index is -6.10. The van der Waals surface area contributed by atoms with Crippen LogP contribution in [0.25, 0.3) is 0 Å². The van der Waals surface area contributed by atoms with Crippen molar-refractivity contribution >= 4 is 29.2 Å². The second-order valence-electron chi connectivity index (χ2n) is 3.52. The van der Waals surface area contributed by atoms with E-state index in [1.54, 1.807) is 0 Å². The van der Waals surface area contributed by atoms with Crippen LogP contribution in [0.3, 0.4) is 0 Å². The van der Waals surface area contributed by atoms with E-state index in [4.69, 9.17) is 16.7 Å². The van der Waals surface area contributed by atoms with Gasteiger partial charge in [-0.1, -0.05) is 11.6 Å². The molecule has 0 unspecified atom stereocenters. The van der Waals surface area contributed by atoms with Crippen molar-refractivity contribution in [1.82, 2.24) is 0 Å². The average molecular weight is 318 g/mol. The van der Waals surface area contributed by atoms with Crippen molar-refractivity contribution in [1.29, 1.82) is 0 Å². The molecule has 1 aromatic carbocycles. The third-order valence-corrected chi connectivity index (χ3v) is 2.34. The van der Waals surface area contributed by atoms with Crippen LogP contribution in [-0.4, -0.2) is 29.1 Å². The van der Waals surface area contributed by atoms with E-state index in [-0.39, 0.29) is 5.02 Å². The SMILES string of the molecule is O=C(O)c1ccc(Cl)cc1NC(=O)C(F)(F)C(F)(F)F. The topological polar surface area (TPSA) is 66.4 Å². The quantitative estimate of drug-likeness (QED) is 0.841. The maximum Gasteiger partial charge on any atom is 0.463 e. The number of halogens is 6. The highest BCUT2D eigenvalue weighted by molar-refractivity contribution is 6.31. The molecule has 20 heavy (non-hydrogen) atoms. The van der Waals surface area contributed by atoms with E-state index in [1.165, 1.54) is 5.32 Å². The van der Waals surface area contributed by atoms with Gasteiger partial charge in [-0.3, -0.25) is 4.79 Å². The zero-order chi connectivity index (χ0) is 15.7. The van der Waals surface area contributed by atoms with Crippen LogP contribution in [0.1, 0.15) is 10.4 Å². The molecule has 0 heterocycles. The number of benzene rings is 1. The van der Waals surface area contributed by atoms with Gasteiger partial charge in [0, 0.05) is 5.02 Å². The van der Waals surface area contributed by atoms with E-state index >= 15 is 0 Å². The van der Waals surface area contributed by atoms with Gasteiger partial charge in [-0.05, 0) is 18.2 Å². The second kappa shape index (κ2) is 5.23. The van der Waals surface area contributed by atoms with Crippen molar-refractivity contribution in [2.45, 2.75) is 12.1 Å². The Morgan fingerprint density at radius 3 is 2.15 bits per heavy atom. The third kappa shape index (κ3) is 3.16. The summed E-state index contributed by atoms with van der Waals surface area (Å²) >= 11 is 5.46. The molecule has 0 saturated carbocycles. The number of alkyl halides is 5. The fourth-order valence-corrected chi connectivity index (χ4v) is 1.31. The Labute approximate surface area is 113 Å². The van der Waals surface area contributed by atoms with Gasteiger partial charge in [0.15, 0.2) is 0 Å². The molecule has 110 valence electrons. The molecule has 0 aliphatic heterocycles. The molecule has 1 aromatic rings. The molecule has 0 radical (unpaired) electrons. The minimum absolute atomic E-state index is 0.152. The predicted octanol–water partition coefficient (Wildman–Crippen LogP) is 3.17. The van der Waals surface area contributed by atoms with Crippen LogP contribution in [0.2, 0.25) is 5.02 Å². The van der Waals surface area contributed by atoms with Crippen molar-refractivity contribution in [3.8, 4) is 0 Å². The van der Waals surface area contributed by atoms with Gasteiger partial charge >= 0.3 is 24.0 Å². The molecule has 1 amide bonds. The highest BCUT2D eigenvalue weighted by atomic mass is 35.5. The second-order valence-corrected chi connectivity index (χ2v) is 3.96. The fraction of sp³-hybridized carbons (Fsp3) is 0.200. The Balaban J connectivity index is 3.14. The van der Waals surface area contributed by atoms with Crippen LogP contribution in [0.4, 0.5) is 27.6 Å². The molecule has 1 rings (SSSR count). The molecule has 0 atom stereocenters. The summed E-state index contributed by atoms with van der Waals surface area (Å²) in [6.45, 7) is 0. The summed E-state index contributed by atoms with van der Waals surface area (Å²) in [5.74, 6) is -9.99. The van der Waals surface area contributed by atoms with E-state index < -0.39 is 35.2 Å². The molecule has 0 aliphatic carbocycles. The first-order valence-corrected chi connectivity index (χ1v) is 5.13.